The number of nitrogens with zero attached hydrogens (tertiary/aromatic N) is 1. The Morgan fingerprint density at radius 2 is 2.00 bits per heavy atom. The van der Waals surface area contributed by atoms with Gasteiger partial charge in [-0.3, -0.25) is 4.79 Å². The van der Waals surface area contributed by atoms with Gasteiger partial charge in [-0.2, -0.15) is 0 Å². The summed E-state index contributed by atoms with van der Waals surface area (Å²) in [6.07, 6.45) is 8.51. The van der Waals surface area contributed by atoms with Crippen LogP contribution in [0.4, 0.5) is 0 Å². The summed E-state index contributed by atoms with van der Waals surface area (Å²) >= 11 is 0. The van der Waals surface area contributed by atoms with Crippen LogP contribution in [0.5, 0.6) is 0 Å². The van der Waals surface area contributed by atoms with Crippen LogP contribution < -0.4 is 0 Å². The maximum absolute atomic E-state index is 12.1. The van der Waals surface area contributed by atoms with Crippen molar-refractivity contribution < 1.29 is 19.4 Å². The molecule has 0 radical (unpaired) electrons. The molecule has 0 saturated carbocycles. The summed E-state index contributed by atoms with van der Waals surface area (Å²) in [6, 6.07) is 0. The molecule has 0 spiro atoms. The normalized spacial score (nSPS) is 23.8. The van der Waals surface area contributed by atoms with Gasteiger partial charge in [0.15, 0.2) is 0 Å². The lowest BCUT2D eigenvalue weighted by molar-refractivity contribution is -0.147. The SMILES string of the molecule is O=C(O)COC1CCN(C(=O)CC2C=CCC2)CC1. The highest BCUT2D eigenvalue weighted by molar-refractivity contribution is 5.76. The molecular formula is C14H21NO4. The van der Waals surface area contributed by atoms with E-state index in [2.05, 4.69) is 12.2 Å². The zero-order valence-electron chi connectivity index (χ0n) is 11.1. The molecule has 2 aliphatic rings. The minimum absolute atomic E-state index is 0.0217. The van der Waals surface area contributed by atoms with Gasteiger partial charge < -0.3 is 14.7 Å². The van der Waals surface area contributed by atoms with Crippen molar-refractivity contribution in [3.63, 3.8) is 0 Å². The van der Waals surface area contributed by atoms with Crippen LogP contribution in [-0.4, -0.2) is 47.7 Å². The second-order valence-electron chi connectivity index (χ2n) is 5.25. The van der Waals surface area contributed by atoms with Gasteiger partial charge in [0, 0.05) is 19.5 Å². The van der Waals surface area contributed by atoms with Gasteiger partial charge in [0.2, 0.25) is 5.91 Å². The Kier molecular flexibility index (Phi) is 4.96. The number of allylic oxidation sites excluding steroid dienone is 2. The zero-order valence-corrected chi connectivity index (χ0v) is 11.1. The molecule has 106 valence electrons. The number of carboxylic acid groups (broad SMARTS) is 1. The van der Waals surface area contributed by atoms with Crippen molar-refractivity contribution in [2.75, 3.05) is 19.7 Å². The van der Waals surface area contributed by atoms with E-state index in [9.17, 15) is 9.59 Å². The first-order valence-corrected chi connectivity index (χ1v) is 6.93. The predicted molar refractivity (Wildman–Crippen MR) is 69.7 cm³/mol. The van der Waals surface area contributed by atoms with Gasteiger partial charge in [0.05, 0.1) is 6.10 Å². The molecule has 1 N–H and O–H groups in total. The van der Waals surface area contributed by atoms with Crippen LogP contribution in [-0.2, 0) is 14.3 Å². The molecule has 19 heavy (non-hydrogen) atoms. The molecule has 1 fully saturated rings. The Labute approximate surface area is 113 Å². The van der Waals surface area contributed by atoms with E-state index in [1.807, 2.05) is 4.90 Å². The minimum Gasteiger partial charge on any atom is -0.480 e. The van der Waals surface area contributed by atoms with Gasteiger partial charge in [-0.05, 0) is 31.6 Å². The van der Waals surface area contributed by atoms with Gasteiger partial charge in [-0.15, -0.1) is 0 Å². The highest BCUT2D eigenvalue weighted by Crippen LogP contribution is 2.22. The van der Waals surface area contributed by atoms with Crippen molar-refractivity contribution in [2.45, 2.75) is 38.2 Å². The monoisotopic (exact) mass is 267 g/mol. The van der Waals surface area contributed by atoms with E-state index in [0.29, 0.717) is 25.4 Å². The van der Waals surface area contributed by atoms with Gasteiger partial charge in [-0.1, -0.05) is 12.2 Å². The molecule has 0 aromatic rings. The summed E-state index contributed by atoms with van der Waals surface area (Å²) in [5.41, 5.74) is 0. The summed E-state index contributed by atoms with van der Waals surface area (Å²) in [6.45, 7) is 1.12. The number of aliphatic carboxylic acids is 1. The summed E-state index contributed by atoms with van der Waals surface area (Å²) in [7, 11) is 0. The number of likely N-dealkylation sites (tertiary alicyclic amines) is 1. The minimum atomic E-state index is -0.938. The molecule has 1 aliphatic heterocycles. The Bertz CT molecular complexity index is 358. The molecule has 2 rings (SSSR count). The van der Waals surface area contributed by atoms with E-state index in [1.54, 1.807) is 0 Å². The molecule has 0 aromatic heterocycles. The fourth-order valence-electron chi connectivity index (χ4n) is 2.68. The van der Waals surface area contributed by atoms with Gasteiger partial charge in [0.25, 0.3) is 0 Å². The smallest absolute Gasteiger partial charge is 0.329 e. The lowest BCUT2D eigenvalue weighted by Gasteiger charge is -2.32. The second kappa shape index (κ2) is 6.70. The van der Waals surface area contributed by atoms with Crippen molar-refractivity contribution in [3.8, 4) is 0 Å². The number of rotatable bonds is 5. The van der Waals surface area contributed by atoms with Crippen molar-refractivity contribution >= 4 is 11.9 Å². The van der Waals surface area contributed by atoms with E-state index in [-0.39, 0.29) is 18.6 Å². The number of carbonyl (C=O) groups excluding carboxylic acids is 1. The molecule has 1 unspecified atom stereocenters. The van der Waals surface area contributed by atoms with Gasteiger partial charge in [0.1, 0.15) is 6.61 Å². The number of carbonyl (C=O) groups is 2. The van der Waals surface area contributed by atoms with Crippen molar-refractivity contribution in [3.05, 3.63) is 12.2 Å². The maximum atomic E-state index is 12.1. The van der Waals surface area contributed by atoms with Crippen LogP contribution in [0, 0.1) is 5.92 Å². The van der Waals surface area contributed by atoms with E-state index in [1.165, 1.54) is 0 Å². The predicted octanol–water partition coefficient (Wildman–Crippen LogP) is 1.43. The van der Waals surface area contributed by atoms with E-state index >= 15 is 0 Å². The van der Waals surface area contributed by atoms with Crippen LogP contribution in [0.1, 0.15) is 32.1 Å². The third kappa shape index (κ3) is 4.35. The molecule has 0 aromatic carbocycles. The third-order valence-corrected chi connectivity index (χ3v) is 3.79. The van der Waals surface area contributed by atoms with Crippen LogP contribution in [0.15, 0.2) is 12.2 Å². The molecular weight excluding hydrogens is 246 g/mol. The Morgan fingerprint density at radius 1 is 1.26 bits per heavy atom. The Balaban J connectivity index is 1.68. The fraction of sp³-hybridized carbons (Fsp3) is 0.714. The second-order valence-corrected chi connectivity index (χ2v) is 5.25. The lowest BCUT2D eigenvalue weighted by Crippen LogP contribution is -2.41. The topological polar surface area (TPSA) is 66.8 Å². The first-order valence-electron chi connectivity index (χ1n) is 6.93. The quantitative estimate of drug-likeness (QED) is 0.765. The summed E-state index contributed by atoms with van der Waals surface area (Å²) in [5.74, 6) is -0.312. The van der Waals surface area contributed by atoms with Crippen LogP contribution >= 0.6 is 0 Å². The highest BCUT2D eigenvalue weighted by atomic mass is 16.5. The lowest BCUT2D eigenvalue weighted by atomic mass is 10.0. The van der Waals surface area contributed by atoms with Gasteiger partial charge in [-0.25, -0.2) is 4.79 Å². The summed E-state index contributed by atoms with van der Waals surface area (Å²) in [5, 5.41) is 8.55. The van der Waals surface area contributed by atoms with Crippen LogP contribution in [0.2, 0.25) is 0 Å². The standard InChI is InChI=1S/C14H21NO4/c16-13(9-11-3-1-2-4-11)15-7-5-12(6-8-15)19-10-14(17)18/h1,3,11-12H,2,4-10H2,(H,17,18). The first-order chi connectivity index (χ1) is 9.15. The third-order valence-electron chi connectivity index (χ3n) is 3.79. The van der Waals surface area contributed by atoms with E-state index in [4.69, 9.17) is 9.84 Å². The van der Waals surface area contributed by atoms with E-state index in [0.717, 1.165) is 25.7 Å². The molecule has 1 heterocycles. The molecule has 1 atom stereocenters. The molecule has 0 bridgehead atoms. The number of ether oxygens (including phenoxy) is 1. The molecule has 5 heteroatoms. The maximum Gasteiger partial charge on any atom is 0.329 e. The average molecular weight is 267 g/mol. The summed E-state index contributed by atoms with van der Waals surface area (Å²) in [4.78, 5) is 24.4. The van der Waals surface area contributed by atoms with Crippen molar-refractivity contribution in [1.29, 1.82) is 0 Å². The van der Waals surface area contributed by atoms with Crippen LogP contribution in [0.25, 0.3) is 0 Å². The van der Waals surface area contributed by atoms with Crippen molar-refractivity contribution in [1.82, 2.24) is 4.90 Å². The first kappa shape index (κ1) is 14.1. The number of amides is 1. The van der Waals surface area contributed by atoms with Crippen LogP contribution in [0.3, 0.4) is 0 Å². The zero-order chi connectivity index (χ0) is 13.7. The molecule has 1 amide bonds. The summed E-state index contributed by atoms with van der Waals surface area (Å²) < 4.78 is 5.26. The van der Waals surface area contributed by atoms with Gasteiger partial charge >= 0.3 is 5.97 Å². The largest absolute Gasteiger partial charge is 0.480 e. The van der Waals surface area contributed by atoms with Crippen molar-refractivity contribution in [2.24, 2.45) is 5.92 Å². The molecule has 5 nitrogen and oxygen atoms in total. The molecule has 1 aliphatic carbocycles. The Morgan fingerprint density at radius 3 is 2.58 bits per heavy atom. The average Bonchev–Trinajstić information content (AvgIpc) is 2.89. The Hall–Kier alpha value is -1.36. The number of hydrogen-bond acceptors (Lipinski definition) is 3. The van der Waals surface area contributed by atoms with E-state index < -0.39 is 5.97 Å². The number of carboxylic acids is 1. The number of piperidine rings is 1. The highest BCUT2D eigenvalue weighted by Gasteiger charge is 2.25. The molecule has 1 saturated heterocycles. The number of hydrogen-bond donors (Lipinski definition) is 1. The fourth-order valence-corrected chi connectivity index (χ4v) is 2.68.